The summed E-state index contributed by atoms with van der Waals surface area (Å²) in [7, 11) is 1.42. The number of allylic oxidation sites excluding steroid dienone is 4. The Labute approximate surface area is 137 Å². The van der Waals surface area contributed by atoms with E-state index in [1.807, 2.05) is 6.20 Å². The molecule has 0 spiro atoms. The van der Waals surface area contributed by atoms with Gasteiger partial charge in [0, 0.05) is 6.20 Å². The molecular formula is C20H21NO2. The van der Waals surface area contributed by atoms with Gasteiger partial charge in [-0.15, -0.1) is 0 Å². The zero-order chi connectivity index (χ0) is 16.4. The van der Waals surface area contributed by atoms with Crippen LogP contribution in [-0.4, -0.2) is 19.1 Å². The summed E-state index contributed by atoms with van der Waals surface area (Å²) < 4.78 is 4.80. The largest absolute Gasteiger partial charge is 0.469 e. The van der Waals surface area contributed by atoms with Crippen molar-refractivity contribution in [2.24, 2.45) is 0 Å². The van der Waals surface area contributed by atoms with Crippen molar-refractivity contribution < 1.29 is 9.53 Å². The monoisotopic (exact) mass is 307 g/mol. The van der Waals surface area contributed by atoms with Gasteiger partial charge in [0.15, 0.2) is 0 Å². The van der Waals surface area contributed by atoms with Crippen LogP contribution >= 0.6 is 0 Å². The van der Waals surface area contributed by atoms with Crippen LogP contribution in [0.15, 0.2) is 59.8 Å². The van der Waals surface area contributed by atoms with Gasteiger partial charge in [0.2, 0.25) is 0 Å². The second-order valence-corrected chi connectivity index (χ2v) is 5.97. The number of hydrogen-bond donors (Lipinski definition) is 1. The van der Waals surface area contributed by atoms with E-state index in [4.69, 9.17) is 4.74 Å². The molecule has 3 heteroatoms. The standard InChI is InChI=1S/C20H21NO2/c1-13-7-8-16(9-14(13)2)15-5-4-6-19-18(10-15)17(12-21-19)11-20(22)23-3/h4-10,12,19,21H,11H2,1-3H3. The summed E-state index contributed by atoms with van der Waals surface area (Å²) in [4.78, 5) is 11.6. The van der Waals surface area contributed by atoms with E-state index in [1.54, 1.807) is 0 Å². The Hall–Kier alpha value is -2.55. The van der Waals surface area contributed by atoms with Gasteiger partial charge in [-0.25, -0.2) is 0 Å². The number of rotatable bonds is 3. The Balaban J connectivity index is 1.95. The highest BCUT2D eigenvalue weighted by atomic mass is 16.5. The summed E-state index contributed by atoms with van der Waals surface area (Å²) in [5, 5.41) is 3.31. The molecule has 0 fully saturated rings. The Morgan fingerprint density at radius 1 is 1.26 bits per heavy atom. The Morgan fingerprint density at radius 3 is 2.83 bits per heavy atom. The summed E-state index contributed by atoms with van der Waals surface area (Å²) in [6, 6.07) is 6.62. The summed E-state index contributed by atoms with van der Waals surface area (Å²) in [5.74, 6) is -0.218. The molecule has 118 valence electrons. The minimum atomic E-state index is -0.218. The zero-order valence-corrected chi connectivity index (χ0v) is 13.7. The van der Waals surface area contributed by atoms with Crippen LogP contribution in [0.1, 0.15) is 23.1 Å². The number of methoxy groups -OCH3 is 1. The second kappa shape index (κ2) is 6.29. The third kappa shape index (κ3) is 3.14. The van der Waals surface area contributed by atoms with Gasteiger partial charge < -0.3 is 10.1 Å². The molecular weight excluding hydrogens is 286 g/mol. The Kier molecular flexibility index (Phi) is 4.20. The van der Waals surface area contributed by atoms with E-state index in [0.717, 1.165) is 16.7 Å². The molecule has 1 unspecified atom stereocenters. The first kappa shape index (κ1) is 15.3. The summed E-state index contributed by atoms with van der Waals surface area (Å²) in [6.45, 7) is 4.24. The fourth-order valence-electron chi connectivity index (χ4n) is 2.87. The fraction of sp³-hybridized carbons (Fsp3) is 0.250. The molecule has 1 aromatic rings. The van der Waals surface area contributed by atoms with Crippen LogP contribution < -0.4 is 5.32 Å². The Bertz CT molecular complexity index is 766. The maximum Gasteiger partial charge on any atom is 0.310 e. The molecule has 1 aliphatic heterocycles. The lowest BCUT2D eigenvalue weighted by molar-refractivity contribution is -0.139. The van der Waals surface area contributed by atoms with Gasteiger partial charge >= 0.3 is 5.97 Å². The lowest BCUT2D eigenvalue weighted by Gasteiger charge is -2.11. The summed E-state index contributed by atoms with van der Waals surface area (Å²) in [5.41, 5.74) is 7.03. The number of carbonyl (C=O) groups excluding carboxylic acids is 1. The van der Waals surface area contributed by atoms with Gasteiger partial charge in [-0.1, -0.05) is 36.4 Å². The van der Waals surface area contributed by atoms with Crippen LogP contribution in [0.3, 0.4) is 0 Å². The van der Waals surface area contributed by atoms with Gasteiger partial charge in [-0.2, -0.15) is 0 Å². The van der Waals surface area contributed by atoms with Crippen LogP contribution in [0.25, 0.3) is 5.57 Å². The van der Waals surface area contributed by atoms with E-state index in [-0.39, 0.29) is 12.0 Å². The van der Waals surface area contributed by atoms with Crippen molar-refractivity contribution >= 4 is 11.5 Å². The van der Waals surface area contributed by atoms with Crippen LogP contribution in [0.4, 0.5) is 0 Å². The maximum atomic E-state index is 11.6. The number of nitrogens with one attached hydrogen (secondary N) is 1. The number of ether oxygens (including phenoxy) is 1. The molecule has 3 rings (SSSR count). The van der Waals surface area contributed by atoms with Crippen molar-refractivity contribution in [3.63, 3.8) is 0 Å². The van der Waals surface area contributed by atoms with Crippen LogP contribution in [0, 0.1) is 13.8 Å². The number of benzene rings is 1. The van der Waals surface area contributed by atoms with Crippen molar-refractivity contribution in [2.45, 2.75) is 26.3 Å². The van der Waals surface area contributed by atoms with E-state index in [0.29, 0.717) is 6.42 Å². The number of esters is 1. The molecule has 2 aliphatic rings. The third-order valence-corrected chi connectivity index (χ3v) is 4.44. The molecule has 1 aliphatic carbocycles. The van der Waals surface area contributed by atoms with Crippen molar-refractivity contribution in [1.29, 1.82) is 0 Å². The van der Waals surface area contributed by atoms with Crippen molar-refractivity contribution in [2.75, 3.05) is 7.11 Å². The molecule has 3 nitrogen and oxygen atoms in total. The molecule has 0 radical (unpaired) electrons. The summed E-state index contributed by atoms with van der Waals surface area (Å²) >= 11 is 0. The number of aryl methyl sites for hydroxylation is 2. The quantitative estimate of drug-likeness (QED) is 0.867. The first-order valence-electron chi connectivity index (χ1n) is 7.78. The highest BCUT2D eigenvalue weighted by molar-refractivity contribution is 5.81. The topological polar surface area (TPSA) is 38.3 Å². The van der Waals surface area contributed by atoms with Crippen molar-refractivity contribution in [1.82, 2.24) is 5.32 Å². The highest BCUT2D eigenvalue weighted by Crippen LogP contribution is 2.31. The SMILES string of the molecule is COC(=O)CC1=CNC2C=CC=C(c3ccc(C)c(C)c3)C=C12. The predicted molar refractivity (Wildman–Crippen MR) is 92.8 cm³/mol. The molecule has 0 bridgehead atoms. The minimum absolute atomic E-state index is 0.120. The zero-order valence-electron chi connectivity index (χ0n) is 13.7. The minimum Gasteiger partial charge on any atom is -0.469 e. The average molecular weight is 307 g/mol. The van der Waals surface area contributed by atoms with E-state index in [9.17, 15) is 4.79 Å². The molecule has 1 atom stereocenters. The number of hydrogen-bond acceptors (Lipinski definition) is 3. The average Bonchev–Trinajstić information content (AvgIpc) is 2.78. The van der Waals surface area contributed by atoms with Crippen molar-refractivity contribution in [3.05, 3.63) is 76.5 Å². The summed E-state index contributed by atoms with van der Waals surface area (Å²) in [6.07, 6.45) is 10.7. The number of fused-ring (bicyclic) bond motifs is 1. The van der Waals surface area contributed by atoms with Gasteiger partial charge in [-0.3, -0.25) is 4.79 Å². The van der Waals surface area contributed by atoms with Gasteiger partial charge in [-0.05, 0) is 53.3 Å². The van der Waals surface area contributed by atoms with Gasteiger partial charge in [0.25, 0.3) is 0 Å². The fourth-order valence-corrected chi connectivity index (χ4v) is 2.87. The lowest BCUT2D eigenvalue weighted by Crippen LogP contribution is -2.18. The normalized spacial score (nSPS) is 19.1. The molecule has 1 N–H and O–H groups in total. The van der Waals surface area contributed by atoms with E-state index in [2.05, 4.69) is 61.7 Å². The lowest BCUT2D eigenvalue weighted by atomic mass is 9.95. The molecule has 0 aromatic heterocycles. The molecule has 0 saturated carbocycles. The Morgan fingerprint density at radius 2 is 2.09 bits per heavy atom. The third-order valence-electron chi connectivity index (χ3n) is 4.44. The van der Waals surface area contributed by atoms with Crippen LogP contribution in [0.2, 0.25) is 0 Å². The van der Waals surface area contributed by atoms with E-state index in [1.165, 1.54) is 23.8 Å². The molecule has 1 aromatic carbocycles. The predicted octanol–water partition coefficient (Wildman–Crippen LogP) is 3.60. The second-order valence-electron chi connectivity index (χ2n) is 5.97. The van der Waals surface area contributed by atoms with Gasteiger partial charge in [0.05, 0.1) is 19.6 Å². The smallest absolute Gasteiger partial charge is 0.310 e. The van der Waals surface area contributed by atoms with E-state index >= 15 is 0 Å². The molecule has 0 amide bonds. The molecule has 0 saturated heterocycles. The van der Waals surface area contributed by atoms with E-state index < -0.39 is 0 Å². The van der Waals surface area contributed by atoms with Crippen LogP contribution in [-0.2, 0) is 9.53 Å². The van der Waals surface area contributed by atoms with Crippen molar-refractivity contribution in [3.8, 4) is 0 Å². The maximum absolute atomic E-state index is 11.6. The molecule has 1 heterocycles. The van der Waals surface area contributed by atoms with Gasteiger partial charge in [0.1, 0.15) is 0 Å². The number of carbonyl (C=O) groups is 1. The molecule has 23 heavy (non-hydrogen) atoms. The highest BCUT2D eigenvalue weighted by Gasteiger charge is 2.24. The first-order valence-corrected chi connectivity index (χ1v) is 7.78. The van der Waals surface area contributed by atoms with Crippen LogP contribution in [0.5, 0.6) is 0 Å². The first-order chi connectivity index (χ1) is 11.1.